The first-order chi connectivity index (χ1) is 8.31. The SMILES string of the molecule is CCn1cncc1C(O)CCCC1CCCO1. The van der Waals surface area contributed by atoms with Gasteiger partial charge in [-0.2, -0.15) is 0 Å². The summed E-state index contributed by atoms with van der Waals surface area (Å²) < 4.78 is 7.57. The normalized spacial score (nSPS) is 21.9. The Morgan fingerprint density at radius 1 is 1.65 bits per heavy atom. The van der Waals surface area contributed by atoms with Gasteiger partial charge in [0, 0.05) is 13.2 Å². The minimum atomic E-state index is -0.390. The predicted molar refractivity (Wildman–Crippen MR) is 65.7 cm³/mol. The minimum Gasteiger partial charge on any atom is -0.387 e. The fourth-order valence-electron chi connectivity index (χ4n) is 2.43. The molecular weight excluding hydrogens is 216 g/mol. The second-order valence-electron chi connectivity index (χ2n) is 4.69. The maximum absolute atomic E-state index is 10.1. The average Bonchev–Trinajstić information content (AvgIpc) is 2.99. The second kappa shape index (κ2) is 6.17. The molecule has 1 aromatic heterocycles. The van der Waals surface area contributed by atoms with Gasteiger partial charge in [0.1, 0.15) is 0 Å². The van der Waals surface area contributed by atoms with Crippen LogP contribution in [0.1, 0.15) is 50.8 Å². The highest BCUT2D eigenvalue weighted by atomic mass is 16.5. The lowest BCUT2D eigenvalue weighted by Gasteiger charge is -2.14. The van der Waals surface area contributed by atoms with E-state index in [0.717, 1.165) is 38.1 Å². The zero-order chi connectivity index (χ0) is 12.1. The fourth-order valence-corrected chi connectivity index (χ4v) is 2.43. The van der Waals surface area contributed by atoms with E-state index in [4.69, 9.17) is 4.74 Å². The maximum atomic E-state index is 10.1. The Morgan fingerprint density at radius 3 is 3.24 bits per heavy atom. The molecule has 1 aliphatic rings. The smallest absolute Gasteiger partial charge is 0.0955 e. The van der Waals surface area contributed by atoms with Crippen LogP contribution in [-0.2, 0) is 11.3 Å². The third-order valence-electron chi connectivity index (χ3n) is 3.45. The molecular formula is C13H22N2O2. The Labute approximate surface area is 103 Å². The molecule has 2 unspecified atom stereocenters. The Balaban J connectivity index is 1.74. The van der Waals surface area contributed by atoms with Gasteiger partial charge in [-0.1, -0.05) is 0 Å². The lowest BCUT2D eigenvalue weighted by molar-refractivity contribution is 0.0934. The summed E-state index contributed by atoms with van der Waals surface area (Å²) >= 11 is 0. The summed E-state index contributed by atoms with van der Waals surface area (Å²) in [6, 6.07) is 0. The fraction of sp³-hybridized carbons (Fsp3) is 0.769. The van der Waals surface area contributed by atoms with Gasteiger partial charge >= 0.3 is 0 Å². The topological polar surface area (TPSA) is 47.3 Å². The first-order valence-corrected chi connectivity index (χ1v) is 6.61. The number of aliphatic hydroxyl groups excluding tert-OH is 1. The highest BCUT2D eigenvalue weighted by Crippen LogP contribution is 2.22. The summed E-state index contributed by atoms with van der Waals surface area (Å²) in [6.45, 7) is 3.83. The molecule has 1 aliphatic heterocycles. The summed E-state index contributed by atoms with van der Waals surface area (Å²) in [6.07, 6.45) is 8.83. The molecule has 1 aromatic rings. The van der Waals surface area contributed by atoms with Crippen molar-refractivity contribution in [3.05, 3.63) is 18.2 Å². The molecule has 0 amide bonds. The van der Waals surface area contributed by atoms with Crippen molar-refractivity contribution >= 4 is 0 Å². The summed E-state index contributed by atoms with van der Waals surface area (Å²) in [4.78, 5) is 4.08. The third kappa shape index (κ3) is 3.30. The van der Waals surface area contributed by atoms with Gasteiger partial charge in [-0.05, 0) is 39.0 Å². The molecule has 4 heteroatoms. The molecule has 2 atom stereocenters. The highest BCUT2D eigenvalue weighted by molar-refractivity contribution is 5.02. The number of hydrogen-bond donors (Lipinski definition) is 1. The van der Waals surface area contributed by atoms with Crippen molar-refractivity contribution in [1.82, 2.24) is 9.55 Å². The van der Waals surface area contributed by atoms with Gasteiger partial charge in [0.25, 0.3) is 0 Å². The Morgan fingerprint density at radius 2 is 2.53 bits per heavy atom. The van der Waals surface area contributed by atoms with Gasteiger partial charge in [0.15, 0.2) is 0 Å². The number of aromatic nitrogens is 2. The minimum absolute atomic E-state index is 0.390. The van der Waals surface area contributed by atoms with Crippen LogP contribution in [-0.4, -0.2) is 27.4 Å². The van der Waals surface area contributed by atoms with Gasteiger partial charge in [-0.15, -0.1) is 0 Å². The lowest BCUT2D eigenvalue weighted by Crippen LogP contribution is -2.08. The van der Waals surface area contributed by atoms with Crippen molar-refractivity contribution in [3.8, 4) is 0 Å². The number of nitrogens with zero attached hydrogens (tertiary/aromatic N) is 2. The Bertz CT molecular complexity index is 332. The lowest BCUT2D eigenvalue weighted by atomic mass is 10.1. The van der Waals surface area contributed by atoms with Crippen LogP contribution in [0.5, 0.6) is 0 Å². The quantitative estimate of drug-likeness (QED) is 0.827. The average molecular weight is 238 g/mol. The molecule has 2 heterocycles. The number of rotatable bonds is 6. The van der Waals surface area contributed by atoms with E-state index in [-0.39, 0.29) is 6.10 Å². The molecule has 0 spiro atoms. The third-order valence-corrected chi connectivity index (χ3v) is 3.45. The van der Waals surface area contributed by atoms with Gasteiger partial charge in [-0.3, -0.25) is 0 Å². The van der Waals surface area contributed by atoms with Gasteiger partial charge < -0.3 is 14.4 Å². The number of imidazole rings is 1. The molecule has 1 saturated heterocycles. The predicted octanol–water partition coefficient (Wildman–Crippen LogP) is 2.29. The molecule has 0 aliphatic carbocycles. The van der Waals surface area contributed by atoms with Crippen LogP contribution in [0.2, 0.25) is 0 Å². The zero-order valence-corrected chi connectivity index (χ0v) is 10.5. The van der Waals surface area contributed by atoms with Crippen LogP contribution in [0.4, 0.5) is 0 Å². The molecule has 0 saturated carbocycles. The molecule has 4 nitrogen and oxygen atoms in total. The van der Waals surface area contributed by atoms with E-state index < -0.39 is 0 Å². The van der Waals surface area contributed by atoms with E-state index in [1.807, 2.05) is 4.57 Å². The molecule has 17 heavy (non-hydrogen) atoms. The van der Waals surface area contributed by atoms with Crippen LogP contribution in [0.15, 0.2) is 12.5 Å². The monoisotopic (exact) mass is 238 g/mol. The number of aliphatic hydroxyl groups is 1. The molecule has 0 aromatic carbocycles. The molecule has 2 rings (SSSR count). The van der Waals surface area contributed by atoms with E-state index in [1.165, 1.54) is 12.8 Å². The summed E-state index contributed by atoms with van der Waals surface area (Å²) in [5, 5.41) is 10.1. The first-order valence-electron chi connectivity index (χ1n) is 6.61. The van der Waals surface area contributed by atoms with Crippen LogP contribution in [0.25, 0.3) is 0 Å². The van der Waals surface area contributed by atoms with Crippen LogP contribution in [0, 0.1) is 0 Å². The highest BCUT2D eigenvalue weighted by Gasteiger charge is 2.17. The number of hydrogen-bond acceptors (Lipinski definition) is 3. The molecule has 0 radical (unpaired) electrons. The molecule has 1 fully saturated rings. The van der Waals surface area contributed by atoms with E-state index in [2.05, 4.69) is 11.9 Å². The van der Waals surface area contributed by atoms with Gasteiger partial charge in [0.2, 0.25) is 0 Å². The summed E-state index contributed by atoms with van der Waals surface area (Å²) in [5.41, 5.74) is 0.930. The van der Waals surface area contributed by atoms with Gasteiger partial charge in [0.05, 0.1) is 30.4 Å². The van der Waals surface area contributed by atoms with E-state index in [9.17, 15) is 5.11 Å². The molecule has 0 bridgehead atoms. The van der Waals surface area contributed by atoms with Crippen molar-refractivity contribution in [2.45, 2.75) is 57.8 Å². The first kappa shape index (κ1) is 12.6. The standard InChI is InChI=1S/C13H22N2O2/c1-2-15-10-14-9-12(15)13(16)7-3-5-11-6-4-8-17-11/h9-11,13,16H,2-8H2,1H3. The summed E-state index contributed by atoms with van der Waals surface area (Å²) in [7, 11) is 0. The number of aryl methyl sites for hydroxylation is 1. The molecule has 1 N–H and O–H groups in total. The van der Waals surface area contributed by atoms with E-state index >= 15 is 0 Å². The van der Waals surface area contributed by atoms with Crippen molar-refractivity contribution in [1.29, 1.82) is 0 Å². The van der Waals surface area contributed by atoms with Crippen molar-refractivity contribution in [3.63, 3.8) is 0 Å². The van der Waals surface area contributed by atoms with Crippen molar-refractivity contribution in [2.75, 3.05) is 6.61 Å². The van der Waals surface area contributed by atoms with Gasteiger partial charge in [-0.25, -0.2) is 4.98 Å². The second-order valence-corrected chi connectivity index (χ2v) is 4.69. The van der Waals surface area contributed by atoms with Crippen LogP contribution >= 0.6 is 0 Å². The van der Waals surface area contributed by atoms with E-state index in [1.54, 1.807) is 12.5 Å². The van der Waals surface area contributed by atoms with E-state index in [0.29, 0.717) is 6.10 Å². The van der Waals surface area contributed by atoms with Crippen molar-refractivity contribution < 1.29 is 9.84 Å². The van der Waals surface area contributed by atoms with Crippen LogP contribution < -0.4 is 0 Å². The molecule has 96 valence electrons. The zero-order valence-electron chi connectivity index (χ0n) is 10.5. The van der Waals surface area contributed by atoms with Crippen molar-refractivity contribution in [2.24, 2.45) is 0 Å². The largest absolute Gasteiger partial charge is 0.387 e. The number of ether oxygens (including phenoxy) is 1. The Hall–Kier alpha value is -0.870. The maximum Gasteiger partial charge on any atom is 0.0955 e. The Kier molecular flexibility index (Phi) is 4.57. The summed E-state index contributed by atoms with van der Waals surface area (Å²) in [5.74, 6) is 0. The van der Waals surface area contributed by atoms with Crippen LogP contribution in [0.3, 0.4) is 0 Å².